The second kappa shape index (κ2) is 5.71. The van der Waals surface area contributed by atoms with Crippen molar-refractivity contribution in [3.63, 3.8) is 0 Å². The van der Waals surface area contributed by atoms with E-state index in [4.69, 9.17) is 0 Å². The second-order valence-electron chi connectivity index (χ2n) is 5.68. The largest absolute Gasteiger partial charge is 0.354 e. The molecule has 3 heterocycles. The van der Waals surface area contributed by atoms with Crippen LogP contribution < -0.4 is 5.32 Å². The highest BCUT2D eigenvalue weighted by atomic mass is 32.2. The average molecular weight is 308 g/mol. The Morgan fingerprint density at radius 3 is 3.24 bits per heavy atom. The number of hydrogen-bond donors (Lipinski definition) is 1. The minimum Gasteiger partial charge on any atom is -0.354 e. The van der Waals surface area contributed by atoms with Crippen LogP contribution in [0.3, 0.4) is 0 Å². The van der Waals surface area contributed by atoms with Crippen LogP contribution in [0.2, 0.25) is 0 Å². The van der Waals surface area contributed by atoms with Crippen LogP contribution in [0.15, 0.2) is 18.5 Å². The average Bonchev–Trinajstić information content (AvgIpc) is 3.14. The van der Waals surface area contributed by atoms with E-state index in [0.717, 1.165) is 19.4 Å². The number of hydrogen-bond acceptors (Lipinski definition) is 4. The molecule has 0 unspecified atom stereocenters. The van der Waals surface area contributed by atoms with Crippen LogP contribution >= 0.6 is 11.8 Å². The topological polar surface area (TPSA) is 67.2 Å². The third-order valence-electron chi connectivity index (χ3n) is 4.17. The zero-order chi connectivity index (χ0) is 14.9. The van der Waals surface area contributed by atoms with Crippen molar-refractivity contribution < 1.29 is 9.59 Å². The van der Waals surface area contributed by atoms with Crippen LogP contribution in [0.1, 0.15) is 26.2 Å². The van der Waals surface area contributed by atoms with Gasteiger partial charge in [0.05, 0.1) is 4.87 Å². The van der Waals surface area contributed by atoms with Gasteiger partial charge in [0.2, 0.25) is 11.8 Å². The molecule has 1 N–H and O–H groups in total. The lowest BCUT2D eigenvalue weighted by Crippen LogP contribution is -2.50. The lowest BCUT2D eigenvalue weighted by atomic mass is 10.2. The van der Waals surface area contributed by atoms with Crippen molar-refractivity contribution in [3.05, 3.63) is 18.5 Å². The van der Waals surface area contributed by atoms with Gasteiger partial charge in [0.25, 0.3) is 0 Å². The zero-order valence-electron chi connectivity index (χ0n) is 12.1. The fraction of sp³-hybridized carbons (Fsp3) is 0.643. The normalized spacial score (nSPS) is 28.0. The number of rotatable bonds is 5. The molecule has 0 aromatic carbocycles. The highest BCUT2D eigenvalue weighted by Crippen LogP contribution is 2.47. The molecule has 2 amide bonds. The monoisotopic (exact) mass is 308 g/mol. The number of thioether (sulfide) groups is 1. The van der Waals surface area contributed by atoms with Crippen LogP contribution in [-0.2, 0) is 16.1 Å². The van der Waals surface area contributed by atoms with Crippen molar-refractivity contribution in [1.82, 2.24) is 20.0 Å². The van der Waals surface area contributed by atoms with E-state index in [-0.39, 0.29) is 22.7 Å². The first-order valence-electron chi connectivity index (χ1n) is 7.31. The molecule has 114 valence electrons. The number of aromatic nitrogens is 2. The van der Waals surface area contributed by atoms with Crippen molar-refractivity contribution in [2.75, 3.05) is 12.3 Å². The third-order valence-corrected chi connectivity index (χ3v) is 5.68. The minimum absolute atomic E-state index is 0.0260. The van der Waals surface area contributed by atoms with Crippen LogP contribution in [0, 0.1) is 0 Å². The predicted octanol–water partition coefficient (Wildman–Crippen LogP) is 0.843. The molecule has 1 aromatic rings. The number of nitrogens with zero attached hydrogens (tertiary/aromatic N) is 3. The summed E-state index contributed by atoms with van der Waals surface area (Å²) in [4.78, 5) is 25.9. The van der Waals surface area contributed by atoms with Crippen LogP contribution in [0.4, 0.5) is 0 Å². The van der Waals surface area contributed by atoms with E-state index in [0.29, 0.717) is 18.7 Å². The molecule has 0 spiro atoms. The number of aryl methyl sites for hydroxylation is 1. The molecule has 2 fully saturated rings. The number of carbonyl (C=O) groups excluding carboxylic acids is 2. The first-order chi connectivity index (χ1) is 10.1. The van der Waals surface area contributed by atoms with Gasteiger partial charge in [0.1, 0.15) is 6.04 Å². The minimum atomic E-state index is -0.306. The van der Waals surface area contributed by atoms with E-state index in [1.807, 2.05) is 16.9 Å². The summed E-state index contributed by atoms with van der Waals surface area (Å²) in [5.74, 6) is 0.786. The quantitative estimate of drug-likeness (QED) is 0.819. The lowest BCUT2D eigenvalue weighted by molar-refractivity contribution is -0.137. The van der Waals surface area contributed by atoms with E-state index in [9.17, 15) is 9.59 Å². The Kier molecular flexibility index (Phi) is 3.93. The van der Waals surface area contributed by atoms with Crippen molar-refractivity contribution in [3.8, 4) is 0 Å². The van der Waals surface area contributed by atoms with Gasteiger partial charge in [0, 0.05) is 37.7 Å². The maximum Gasteiger partial charge on any atom is 0.243 e. The summed E-state index contributed by atoms with van der Waals surface area (Å²) in [6, 6.07) is 1.58. The van der Waals surface area contributed by atoms with Gasteiger partial charge in [-0.3, -0.25) is 14.3 Å². The molecular weight excluding hydrogens is 288 g/mol. The number of nitrogens with one attached hydrogen (secondary N) is 1. The number of amides is 2. The van der Waals surface area contributed by atoms with Gasteiger partial charge in [0.15, 0.2) is 0 Å². The van der Waals surface area contributed by atoms with Gasteiger partial charge in [-0.2, -0.15) is 5.10 Å². The SMILES string of the molecule is C[C@@]12CCC(=O)N1[C@H](C(=O)NCCCn1cccn1)CS2. The van der Waals surface area contributed by atoms with E-state index in [1.165, 1.54) is 0 Å². The molecule has 0 radical (unpaired) electrons. The summed E-state index contributed by atoms with van der Waals surface area (Å²) >= 11 is 1.72. The van der Waals surface area contributed by atoms with Gasteiger partial charge < -0.3 is 10.2 Å². The molecule has 0 saturated carbocycles. The summed E-state index contributed by atoms with van der Waals surface area (Å²) in [7, 11) is 0. The standard InChI is InChI=1S/C14H20N4O2S/c1-14-5-4-12(19)18(14)11(10-21-14)13(20)15-6-2-8-17-9-3-7-16-17/h3,7,9,11H,2,4-6,8,10H2,1H3,(H,15,20)/t11-,14+/m0/s1. The highest BCUT2D eigenvalue weighted by molar-refractivity contribution is 8.01. The maximum atomic E-state index is 12.3. The molecule has 0 bridgehead atoms. The van der Waals surface area contributed by atoms with Crippen molar-refractivity contribution >= 4 is 23.6 Å². The van der Waals surface area contributed by atoms with Gasteiger partial charge >= 0.3 is 0 Å². The van der Waals surface area contributed by atoms with Crippen LogP contribution in [0.5, 0.6) is 0 Å². The molecule has 2 aliphatic rings. The fourth-order valence-corrected chi connectivity index (χ4v) is 4.45. The molecular formula is C14H20N4O2S. The summed E-state index contributed by atoms with van der Waals surface area (Å²) in [6.45, 7) is 3.46. The van der Waals surface area contributed by atoms with Gasteiger partial charge in [-0.05, 0) is 25.8 Å². The predicted molar refractivity (Wildman–Crippen MR) is 80.6 cm³/mol. The molecule has 21 heavy (non-hydrogen) atoms. The van der Waals surface area contributed by atoms with E-state index in [1.54, 1.807) is 22.9 Å². The molecule has 0 aliphatic carbocycles. The Hall–Kier alpha value is -1.50. The second-order valence-corrected chi connectivity index (χ2v) is 7.18. The van der Waals surface area contributed by atoms with Crippen molar-refractivity contribution in [2.24, 2.45) is 0 Å². The summed E-state index contributed by atoms with van der Waals surface area (Å²) in [6.07, 6.45) is 5.89. The Labute approximate surface area is 128 Å². The Bertz CT molecular complexity index is 533. The van der Waals surface area contributed by atoms with Crippen molar-refractivity contribution in [2.45, 2.75) is 43.6 Å². The molecule has 3 rings (SSSR count). The number of fused-ring (bicyclic) bond motifs is 1. The van der Waals surface area contributed by atoms with Crippen LogP contribution in [0.25, 0.3) is 0 Å². The molecule has 6 nitrogen and oxygen atoms in total. The van der Waals surface area contributed by atoms with Gasteiger partial charge in [-0.15, -0.1) is 11.8 Å². The first kappa shape index (κ1) is 14.4. The summed E-state index contributed by atoms with van der Waals surface area (Å²) in [5, 5.41) is 7.07. The van der Waals surface area contributed by atoms with Gasteiger partial charge in [-0.25, -0.2) is 0 Å². The van der Waals surface area contributed by atoms with E-state index < -0.39 is 0 Å². The molecule has 7 heteroatoms. The Balaban J connectivity index is 1.48. The third kappa shape index (κ3) is 2.79. The van der Waals surface area contributed by atoms with E-state index >= 15 is 0 Å². The first-order valence-corrected chi connectivity index (χ1v) is 8.30. The molecule has 1 aromatic heterocycles. The zero-order valence-corrected chi connectivity index (χ0v) is 12.9. The molecule has 2 atom stereocenters. The molecule has 2 saturated heterocycles. The summed E-state index contributed by atoms with van der Waals surface area (Å²) < 4.78 is 1.85. The van der Waals surface area contributed by atoms with E-state index in [2.05, 4.69) is 17.3 Å². The van der Waals surface area contributed by atoms with Crippen molar-refractivity contribution in [1.29, 1.82) is 0 Å². The smallest absolute Gasteiger partial charge is 0.243 e. The Morgan fingerprint density at radius 2 is 2.48 bits per heavy atom. The fourth-order valence-electron chi connectivity index (χ4n) is 3.02. The van der Waals surface area contributed by atoms with Crippen LogP contribution in [-0.4, -0.2) is 49.7 Å². The van der Waals surface area contributed by atoms with Gasteiger partial charge in [-0.1, -0.05) is 0 Å². The lowest BCUT2D eigenvalue weighted by Gasteiger charge is -2.29. The molecule has 2 aliphatic heterocycles. The summed E-state index contributed by atoms with van der Waals surface area (Å²) in [5.41, 5.74) is 0. The Morgan fingerprint density at radius 1 is 1.62 bits per heavy atom. The maximum absolute atomic E-state index is 12.3. The number of carbonyl (C=O) groups is 2. The highest BCUT2D eigenvalue weighted by Gasteiger charge is 2.52.